The zero-order chi connectivity index (χ0) is 18.6. The van der Waals surface area contributed by atoms with Crippen molar-refractivity contribution in [2.24, 2.45) is 5.92 Å². The predicted octanol–water partition coefficient (Wildman–Crippen LogP) is 1.04. The summed E-state index contributed by atoms with van der Waals surface area (Å²) in [6.07, 6.45) is -0.227. The lowest BCUT2D eigenvalue weighted by atomic mass is 10.1. The largest absolute Gasteiger partial charge is 0.481 e. The molecule has 0 aliphatic carbocycles. The van der Waals surface area contributed by atoms with E-state index in [2.05, 4.69) is 10.9 Å². The quantitative estimate of drug-likeness (QED) is 0.756. The van der Waals surface area contributed by atoms with Crippen molar-refractivity contribution >= 4 is 21.7 Å². The van der Waals surface area contributed by atoms with Gasteiger partial charge in [0.25, 0.3) is 5.91 Å². The van der Waals surface area contributed by atoms with Crippen molar-refractivity contribution in [2.75, 3.05) is 11.5 Å². The minimum Gasteiger partial charge on any atom is -0.481 e. The van der Waals surface area contributed by atoms with Crippen LogP contribution in [0.4, 0.5) is 0 Å². The molecule has 25 heavy (non-hydrogen) atoms. The second-order valence-electron chi connectivity index (χ2n) is 6.59. The first kappa shape index (κ1) is 19.2. The van der Waals surface area contributed by atoms with Gasteiger partial charge in [-0.1, -0.05) is 6.07 Å². The molecule has 0 spiro atoms. The standard InChI is InChI=1S/C17H24N2O5S/c1-11-6-12(2)8-15(7-11)24-13(3)17(21)19-18-16(20)9-14-4-5-25(22,23)10-14/h6-8,13-14H,4-5,9-10H2,1-3H3,(H,18,20)(H,19,21)/t13-,14-/m0/s1. The molecule has 1 aromatic rings. The fraction of sp³-hybridized carbons (Fsp3) is 0.529. The van der Waals surface area contributed by atoms with Gasteiger partial charge in [-0.3, -0.25) is 20.4 Å². The molecule has 138 valence electrons. The van der Waals surface area contributed by atoms with Crippen molar-refractivity contribution in [1.29, 1.82) is 0 Å². The SMILES string of the molecule is Cc1cc(C)cc(O[C@@H](C)C(=O)NNC(=O)C[C@@H]2CCS(=O)(=O)C2)c1. The summed E-state index contributed by atoms with van der Waals surface area (Å²) in [5.41, 5.74) is 6.69. The van der Waals surface area contributed by atoms with Crippen LogP contribution in [0.2, 0.25) is 0 Å². The van der Waals surface area contributed by atoms with Crippen molar-refractivity contribution in [3.8, 4) is 5.75 Å². The highest BCUT2D eigenvalue weighted by atomic mass is 32.2. The van der Waals surface area contributed by atoms with Crippen LogP contribution in [0.25, 0.3) is 0 Å². The number of aryl methyl sites for hydroxylation is 2. The van der Waals surface area contributed by atoms with Gasteiger partial charge in [-0.15, -0.1) is 0 Å². The van der Waals surface area contributed by atoms with E-state index in [-0.39, 0.29) is 23.8 Å². The first-order valence-corrected chi connectivity index (χ1v) is 10.0. The monoisotopic (exact) mass is 368 g/mol. The third-order valence-corrected chi connectivity index (χ3v) is 5.84. The maximum absolute atomic E-state index is 12.0. The molecule has 1 aliphatic heterocycles. The molecule has 0 saturated carbocycles. The second kappa shape index (κ2) is 7.86. The van der Waals surface area contributed by atoms with E-state index in [4.69, 9.17) is 4.74 Å². The molecule has 7 nitrogen and oxygen atoms in total. The van der Waals surface area contributed by atoms with Crippen LogP contribution in [0, 0.1) is 19.8 Å². The number of hydrogen-bond acceptors (Lipinski definition) is 5. The summed E-state index contributed by atoms with van der Waals surface area (Å²) in [4.78, 5) is 23.8. The highest BCUT2D eigenvalue weighted by molar-refractivity contribution is 7.91. The summed E-state index contributed by atoms with van der Waals surface area (Å²) in [5, 5.41) is 0. The number of carbonyl (C=O) groups excluding carboxylic acids is 2. The molecule has 1 aromatic carbocycles. The summed E-state index contributed by atoms with van der Waals surface area (Å²) in [6.45, 7) is 5.46. The van der Waals surface area contributed by atoms with Gasteiger partial charge >= 0.3 is 0 Å². The lowest BCUT2D eigenvalue weighted by Crippen LogP contribution is -2.47. The lowest BCUT2D eigenvalue weighted by molar-refractivity contribution is -0.133. The van der Waals surface area contributed by atoms with Crippen molar-refractivity contribution in [3.05, 3.63) is 29.3 Å². The average molecular weight is 368 g/mol. The Morgan fingerprint density at radius 1 is 1.20 bits per heavy atom. The average Bonchev–Trinajstić information content (AvgIpc) is 2.82. The van der Waals surface area contributed by atoms with Gasteiger partial charge in [0.15, 0.2) is 15.9 Å². The number of hydrogen-bond donors (Lipinski definition) is 2. The summed E-state index contributed by atoms with van der Waals surface area (Å²) in [7, 11) is -3.01. The topological polar surface area (TPSA) is 102 Å². The van der Waals surface area contributed by atoms with Crippen LogP contribution >= 0.6 is 0 Å². The first-order chi connectivity index (χ1) is 11.6. The number of nitrogens with one attached hydrogen (secondary N) is 2. The minimum atomic E-state index is -3.01. The zero-order valence-electron chi connectivity index (χ0n) is 14.7. The third-order valence-electron chi connectivity index (χ3n) is 4.00. The van der Waals surface area contributed by atoms with E-state index in [1.54, 1.807) is 6.92 Å². The molecule has 0 bridgehead atoms. The number of amides is 2. The fourth-order valence-corrected chi connectivity index (χ4v) is 4.70. The van der Waals surface area contributed by atoms with E-state index in [0.717, 1.165) is 11.1 Å². The van der Waals surface area contributed by atoms with Crippen LogP contribution in [0.3, 0.4) is 0 Å². The Kier molecular flexibility index (Phi) is 6.05. The number of sulfone groups is 1. The Labute approximate surface area is 148 Å². The Hall–Kier alpha value is -2.09. The van der Waals surface area contributed by atoms with Crippen LogP contribution in [-0.4, -0.2) is 37.8 Å². The molecular weight excluding hydrogens is 344 g/mol. The minimum absolute atomic E-state index is 0.0284. The van der Waals surface area contributed by atoms with Gasteiger partial charge in [0, 0.05) is 6.42 Å². The summed E-state index contributed by atoms with van der Waals surface area (Å²) in [6, 6.07) is 5.66. The van der Waals surface area contributed by atoms with Crippen molar-refractivity contribution in [2.45, 2.75) is 39.7 Å². The normalized spacial score (nSPS) is 19.9. The van der Waals surface area contributed by atoms with Gasteiger partial charge in [0.1, 0.15) is 5.75 Å². The van der Waals surface area contributed by atoms with Gasteiger partial charge in [-0.25, -0.2) is 8.42 Å². The van der Waals surface area contributed by atoms with Crippen LogP contribution < -0.4 is 15.6 Å². The van der Waals surface area contributed by atoms with Crippen molar-refractivity contribution in [3.63, 3.8) is 0 Å². The van der Waals surface area contributed by atoms with E-state index < -0.39 is 27.8 Å². The second-order valence-corrected chi connectivity index (χ2v) is 8.82. The fourth-order valence-electron chi connectivity index (χ4n) is 2.84. The highest BCUT2D eigenvalue weighted by Crippen LogP contribution is 2.21. The van der Waals surface area contributed by atoms with Crippen LogP contribution in [-0.2, 0) is 19.4 Å². The molecule has 0 unspecified atom stereocenters. The summed E-state index contributed by atoms with van der Waals surface area (Å²) >= 11 is 0. The maximum atomic E-state index is 12.0. The number of benzene rings is 1. The van der Waals surface area contributed by atoms with Gasteiger partial charge in [-0.05, 0) is 56.4 Å². The van der Waals surface area contributed by atoms with Crippen LogP contribution in [0.5, 0.6) is 5.75 Å². The molecule has 2 rings (SSSR count). The molecular formula is C17H24N2O5S. The van der Waals surface area contributed by atoms with Crippen molar-refractivity contribution in [1.82, 2.24) is 10.9 Å². The Bertz CT molecular complexity index is 740. The lowest BCUT2D eigenvalue weighted by Gasteiger charge is -2.16. The van der Waals surface area contributed by atoms with Gasteiger partial charge in [0.05, 0.1) is 11.5 Å². The number of rotatable bonds is 5. The number of carbonyl (C=O) groups is 2. The third kappa shape index (κ3) is 6.04. The molecule has 8 heteroatoms. The molecule has 2 amide bonds. The predicted molar refractivity (Wildman–Crippen MR) is 93.7 cm³/mol. The Balaban J connectivity index is 1.78. The molecule has 2 atom stereocenters. The summed E-state index contributed by atoms with van der Waals surface area (Å²) in [5.74, 6) is -0.340. The van der Waals surface area contributed by atoms with Crippen LogP contribution in [0.1, 0.15) is 30.9 Å². The van der Waals surface area contributed by atoms with Gasteiger partial charge in [-0.2, -0.15) is 0 Å². The van der Waals surface area contributed by atoms with Crippen LogP contribution in [0.15, 0.2) is 18.2 Å². The highest BCUT2D eigenvalue weighted by Gasteiger charge is 2.29. The molecule has 2 N–H and O–H groups in total. The van der Waals surface area contributed by atoms with E-state index >= 15 is 0 Å². The summed E-state index contributed by atoms with van der Waals surface area (Å²) < 4.78 is 28.4. The molecule has 1 fully saturated rings. The smallest absolute Gasteiger partial charge is 0.279 e. The van der Waals surface area contributed by atoms with E-state index in [0.29, 0.717) is 12.2 Å². The van der Waals surface area contributed by atoms with E-state index in [9.17, 15) is 18.0 Å². The van der Waals surface area contributed by atoms with E-state index in [1.165, 1.54) is 0 Å². The first-order valence-electron chi connectivity index (χ1n) is 8.19. The maximum Gasteiger partial charge on any atom is 0.279 e. The Morgan fingerprint density at radius 2 is 1.84 bits per heavy atom. The molecule has 1 heterocycles. The number of hydrazine groups is 1. The molecule has 0 aromatic heterocycles. The molecule has 1 saturated heterocycles. The van der Waals surface area contributed by atoms with Crippen molar-refractivity contribution < 1.29 is 22.7 Å². The zero-order valence-corrected chi connectivity index (χ0v) is 15.5. The van der Waals surface area contributed by atoms with E-state index in [1.807, 2.05) is 32.0 Å². The number of ether oxygens (including phenoxy) is 1. The van der Waals surface area contributed by atoms with Gasteiger partial charge in [0.2, 0.25) is 5.91 Å². The molecule has 0 radical (unpaired) electrons. The van der Waals surface area contributed by atoms with Gasteiger partial charge < -0.3 is 4.74 Å². The Morgan fingerprint density at radius 3 is 2.40 bits per heavy atom. The molecule has 1 aliphatic rings.